The molecular formula is C11H10F4O2. The first-order valence-corrected chi connectivity index (χ1v) is 4.77. The summed E-state index contributed by atoms with van der Waals surface area (Å²) in [5.41, 5.74) is -0.431. The molecule has 1 rings (SSSR count). The molecule has 0 aliphatic carbocycles. The van der Waals surface area contributed by atoms with Gasteiger partial charge in [-0.2, -0.15) is 13.2 Å². The topological polar surface area (TPSA) is 26.3 Å². The predicted molar refractivity (Wildman–Crippen MR) is 52.6 cm³/mol. The van der Waals surface area contributed by atoms with Gasteiger partial charge in [-0.15, -0.1) is 0 Å². The van der Waals surface area contributed by atoms with Crippen LogP contribution in [0.15, 0.2) is 18.2 Å². The van der Waals surface area contributed by atoms with Crippen molar-refractivity contribution in [3.63, 3.8) is 0 Å². The summed E-state index contributed by atoms with van der Waals surface area (Å²) in [5, 5.41) is 0. The Bertz CT molecular complexity index is 412. The summed E-state index contributed by atoms with van der Waals surface area (Å²) < 4.78 is 53.9. The number of alkyl halides is 3. The Morgan fingerprint density at radius 3 is 2.53 bits per heavy atom. The molecule has 0 fully saturated rings. The van der Waals surface area contributed by atoms with E-state index in [4.69, 9.17) is 4.74 Å². The van der Waals surface area contributed by atoms with Gasteiger partial charge in [-0.1, -0.05) is 6.07 Å². The second-order valence-corrected chi connectivity index (χ2v) is 3.36. The van der Waals surface area contributed by atoms with Gasteiger partial charge >= 0.3 is 6.18 Å². The smallest absolute Gasteiger partial charge is 0.389 e. The quantitative estimate of drug-likeness (QED) is 0.605. The van der Waals surface area contributed by atoms with Crippen LogP contribution in [0.4, 0.5) is 17.6 Å². The van der Waals surface area contributed by atoms with Crippen LogP contribution in [0.2, 0.25) is 0 Å². The average molecular weight is 250 g/mol. The van der Waals surface area contributed by atoms with Gasteiger partial charge in [0.05, 0.1) is 19.1 Å². The molecule has 94 valence electrons. The molecule has 0 saturated heterocycles. The Morgan fingerprint density at radius 2 is 2.00 bits per heavy atom. The highest BCUT2D eigenvalue weighted by atomic mass is 19.4. The first-order valence-electron chi connectivity index (χ1n) is 4.77. The fraction of sp³-hybridized carbons (Fsp3) is 0.364. The lowest BCUT2D eigenvalue weighted by atomic mass is 10.0. The van der Waals surface area contributed by atoms with E-state index in [9.17, 15) is 22.4 Å². The van der Waals surface area contributed by atoms with E-state index in [1.807, 2.05) is 0 Å². The van der Waals surface area contributed by atoms with E-state index >= 15 is 0 Å². The number of ketones is 1. The Balaban J connectivity index is 2.89. The number of methoxy groups -OCH3 is 1. The van der Waals surface area contributed by atoms with Gasteiger partial charge in [-0.3, -0.25) is 4.79 Å². The number of ether oxygens (including phenoxy) is 1. The standard InChI is InChI=1S/C11H10F4O2/c1-17-9-4-2-3-7(12)10(9)8(16)5-6-11(13,14)15/h2-4H,5-6H2,1H3. The van der Waals surface area contributed by atoms with Gasteiger partial charge in [0.25, 0.3) is 0 Å². The highest BCUT2D eigenvalue weighted by Crippen LogP contribution is 2.27. The second kappa shape index (κ2) is 5.16. The lowest BCUT2D eigenvalue weighted by Crippen LogP contribution is -2.12. The molecule has 0 heterocycles. The van der Waals surface area contributed by atoms with Gasteiger partial charge in [-0.25, -0.2) is 4.39 Å². The molecule has 1 aromatic carbocycles. The van der Waals surface area contributed by atoms with Gasteiger partial charge in [0.2, 0.25) is 0 Å². The molecule has 0 N–H and O–H groups in total. The van der Waals surface area contributed by atoms with E-state index in [2.05, 4.69) is 0 Å². The summed E-state index contributed by atoms with van der Waals surface area (Å²) in [4.78, 5) is 11.5. The average Bonchev–Trinajstić information content (AvgIpc) is 2.24. The minimum atomic E-state index is -4.44. The third-order valence-corrected chi connectivity index (χ3v) is 2.11. The van der Waals surface area contributed by atoms with E-state index in [0.717, 1.165) is 6.07 Å². The minimum absolute atomic E-state index is 0.0582. The molecule has 0 amide bonds. The van der Waals surface area contributed by atoms with Crippen molar-refractivity contribution in [2.75, 3.05) is 7.11 Å². The fourth-order valence-corrected chi connectivity index (χ4v) is 1.33. The Kier molecular flexibility index (Phi) is 4.09. The van der Waals surface area contributed by atoms with Crippen molar-refractivity contribution >= 4 is 5.78 Å². The molecule has 1 aromatic rings. The molecule has 6 heteroatoms. The number of benzene rings is 1. The third kappa shape index (κ3) is 3.72. The SMILES string of the molecule is COc1cccc(F)c1C(=O)CCC(F)(F)F. The van der Waals surface area contributed by atoms with Crippen molar-refractivity contribution < 1.29 is 27.1 Å². The van der Waals surface area contributed by atoms with E-state index < -0.39 is 36.2 Å². The number of carbonyl (C=O) groups is 1. The maximum atomic E-state index is 13.3. The van der Waals surface area contributed by atoms with Crippen molar-refractivity contribution in [1.29, 1.82) is 0 Å². The Hall–Kier alpha value is -1.59. The first-order chi connectivity index (χ1) is 7.85. The van der Waals surface area contributed by atoms with Crippen molar-refractivity contribution in [3.05, 3.63) is 29.6 Å². The lowest BCUT2D eigenvalue weighted by molar-refractivity contribution is -0.133. The third-order valence-electron chi connectivity index (χ3n) is 2.11. The van der Waals surface area contributed by atoms with Crippen molar-refractivity contribution in [3.8, 4) is 5.75 Å². The number of rotatable bonds is 4. The van der Waals surface area contributed by atoms with Crippen LogP contribution in [-0.4, -0.2) is 19.1 Å². The molecule has 0 atom stereocenters. The molecule has 2 nitrogen and oxygen atoms in total. The van der Waals surface area contributed by atoms with Crippen LogP contribution in [0.25, 0.3) is 0 Å². The van der Waals surface area contributed by atoms with Gasteiger partial charge in [0.1, 0.15) is 11.6 Å². The molecule has 0 saturated carbocycles. The van der Waals surface area contributed by atoms with Crippen LogP contribution >= 0.6 is 0 Å². The maximum Gasteiger partial charge on any atom is 0.389 e. The van der Waals surface area contributed by atoms with Crippen LogP contribution in [-0.2, 0) is 0 Å². The second-order valence-electron chi connectivity index (χ2n) is 3.36. The zero-order valence-corrected chi connectivity index (χ0v) is 8.97. The van der Waals surface area contributed by atoms with Crippen LogP contribution in [0.3, 0.4) is 0 Å². The van der Waals surface area contributed by atoms with Gasteiger partial charge in [-0.05, 0) is 12.1 Å². The molecule has 0 unspecified atom stereocenters. The van der Waals surface area contributed by atoms with Crippen molar-refractivity contribution in [1.82, 2.24) is 0 Å². The zero-order chi connectivity index (χ0) is 13.1. The van der Waals surface area contributed by atoms with E-state index in [0.29, 0.717) is 0 Å². The summed E-state index contributed by atoms with van der Waals surface area (Å²) in [5.74, 6) is -1.86. The molecule has 17 heavy (non-hydrogen) atoms. The van der Waals surface area contributed by atoms with Crippen molar-refractivity contribution in [2.45, 2.75) is 19.0 Å². The van der Waals surface area contributed by atoms with E-state index in [1.54, 1.807) is 0 Å². The monoisotopic (exact) mass is 250 g/mol. The summed E-state index contributed by atoms with van der Waals surface area (Å²) in [6.45, 7) is 0. The van der Waals surface area contributed by atoms with Crippen LogP contribution in [0.1, 0.15) is 23.2 Å². The molecule has 0 aromatic heterocycles. The minimum Gasteiger partial charge on any atom is -0.496 e. The lowest BCUT2D eigenvalue weighted by Gasteiger charge is -2.09. The zero-order valence-electron chi connectivity index (χ0n) is 8.97. The number of halogens is 4. The number of carbonyl (C=O) groups excluding carboxylic acids is 1. The van der Waals surface area contributed by atoms with Crippen LogP contribution in [0, 0.1) is 5.82 Å². The summed E-state index contributed by atoms with van der Waals surface area (Å²) in [6, 6.07) is 3.64. The van der Waals surface area contributed by atoms with Gasteiger partial charge < -0.3 is 4.74 Å². The normalized spacial score (nSPS) is 11.4. The predicted octanol–water partition coefficient (Wildman–Crippen LogP) is 3.36. The molecule has 0 bridgehead atoms. The van der Waals surface area contributed by atoms with E-state index in [-0.39, 0.29) is 5.75 Å². The van der Waals surface area contributed by atoms with Gasteiger partial charge in [0.15, 0.2) is 5.78 Å². The fourth-order valence-electron chi connectivity index (χ4n) is 1.33. The Labute approximate surface area is 95.2 Å². The molecule has 0 radical (unpaired) electrons. The largest absolute Gasteiger partial charge is 0.496 e. The van der Waals surface area contributed by atoms with E-state index in [1.165, 1.54) is 19.2 Å². The summed E-state index contributed by atoms with van der Waals surface area (Å²) in [6.07, 6.45) is -6.50. The Morgan fingerprint density at radius 1 is 1.35 bits per heavy atom. The number of hydrogen-bond acceptors (Lipinski definition) is 2. The first kappa shape index (κ1) is 13.5. The van der Waals surface area contributed by atoms with Crippen LogP contribution in [0.5, 0.6) is 5.75 Å². The molecule has 0 aliphatic rings. The van der Waals surface area contributed by atoms with Crippen molar-refractivity contribution in [2.24, 2.45) is 0 Å². The highest BCUT2D eigenvalue weighted by Gasteiger charge is 2.29. The highest BCUT2D eigenvalue weighted by molar-refractivity contribution is 5.98. The molecular weight excluding hydrogens is 240 g/mol. The number of Topliss-reactive ketones (excluding diaryl/α,β-unsaturated/α-hetero) is 1. The summed E-state index contributed by atoms with van der Waals surface area (Å²) in [7, 11) is 1.22. The van der Waals surface area contributed by atoms with Gasteiger partial charge in [0, 0.05) is 6.42 Å². The molecule has 0 aliphatic heterocycles. The number of hydrogen-bond donors (Lipinski definition) is 0. The van der Waals surface area contributed by atoms with Crippen LogP contribution < -0.4 is 4.74 Å². The molecule has 0 spiro atoms. The maximum absolute atomic E-state index is 13.3. The summed E-state index contributed by atoms with van der Waals surface area (Å²) >= 11 is 0.